The molecule has 2 rings (SSSR count). The number of rotatable bonds is 3. The SMILES string of the molecule is NC(=S)c1cccc(CN2CCCCCCC2)c1F. The lowest BCUT2D eigenvalue weighted by Crippen LogP contribution is -2.27. The van der Waals surface area contributed by atoms with Crippen LogP contribution in [0.5, 0.6) is 0 Å². The van der Waals surface area contributed by atoms with Gasteiger partial charge < -0.3 is 5.73 Å². The van der Waals surface area contributed by atoms with Crippen molar-refractivity contribution >= 4 is 17.2 Å². The Bertz CT molecular complexity index is 440. The second-order valence-electron chi connectivity index (χ2n) is 5.19. The van der Waals surface area contributed by atoms with Gasteiger partial charge in [-0.15, -0.1) is 0 Å². The fourth-order valence-electron chi connectivity index (χ4n) is 2.60. The molecule has 1 aromatic carbocycles. The summed E-state index contributed by atoms with van der Waals surface area (Å²) < 4.78 is 14.3. The van der Waals surface area contributed by atoms with Crippen LogP contribution in [0.25, 0.3) is 0 Å². The monoisotopic (exact) mass is 280 g/mol. The zero-order valence-corrected chi connectivity index (χ0v) is 12.0. The number of hydrogen-bond donors (Lipinski definition) is 1. The van der Waals surface area contributed by atoms with Gasteiger partial charge in [0, 0.05) is 17.7 Å². The molecule has 1 aliphatic rings. The number of halogens is 1. The van der Waals surface area contributed by atoms with Crippen LogP contribution in [-0.4, -0.2) is 23.0 Å². The van der Waals surface area contributed by atoms with E-state index in [1.54, 1.807) is 6.07 Å². The third-order valence-electron chi connectivity index (χ3n) is 3.69. The average molecular weight is 280 g/mol. The highest BCUT2D eigenvalue weighted by Gasteiger charge is 2.14. The lowest BCUT2D eigenvalue weighted by atomic mass is 10.1. The fourth-order valence-corrected chi connectivity index (χ4v) is 2.76. The van der Waals surface area contributed by atoms with E-state index in [1.807, 2.05) is 12.1 Å². The van der Waals surface area contributed by atoms with Crippen molar-refractivity contribution in [2.24, 2.45) is 5.73 Å². The van der Waals surface area contributed by atoms with E-state index in [2.05, 4.69) is 4.90 Å². The minimum Gasteiger partial charge on any atom is -0.389 e. The summed E-state index contributed by atoms with van der Waals surface area (Å²) >= 11 is 4.88. The molecule has 1 heterocycles. The summed E-state index contributed by atoms with van der Waals surface area (Å²) in [5, 5.41) is 0. The van der Waals surface area contributed by atoms with Gasteiger partial charge in [-0.1, -0.05) is 43.6 Å². The Kier molecular flexibility index (Phi) is 5.28. The molecule has 1 fully saturated rings. The van der Waals surface area contributed by atoms with Gasteiger partial charge >= 0.3 is 0 Å². The van der Waals surface area contributed by atoms with E-state index in [-0.39, 0.29) is 10.8 Å². The average Bonchev–Trinajstić information content (AvgIpc) is 2.34. The molecule has 1 aliphatic heterocycles. The van der Waals surface area contributed by atoms with E-state index >= 15 is 0 Å². The van der Waals surface area contributed by atoms with Crippen molar-refractivity contribution in [2.45, 2.75) is 38.6 Å². The van der Waals surface area contributed by atoms with E-state index in [9.17, 15) is 4.39 Å². The van der Waals surface area contributed by atoms with Crippen molar-refractivity contribution in [1.29, 1.82) is 0 Å². The van der Waals surface area contributed by atoms with E-state index in [1.165, 1.54) is 32.1 Å². The maximum Gasteiger partial charge on any atom is 0.137 e. The third kappa shape index (κ3) is 3.98. The van der Waals surface area contributed by atoms with Gasteiger partial charge in [0.2, 0.25) is 0 Å². The highest BCUT2D eigenvalue weighted by atomic mass is 32.1. The van der Waals surface area contributed by atoms with Crippen molar-refractivity contribution < 1.29 is 4.39 Å². The maximum absolute atomic E-state index is 14.3. The highest BCUT2D eigenvalue weighted by Crippen LogP contribution is 2.17. The van der Waals surface area contributed by atoms with Gasteiger partial charge in [0.05, 0.1) is 0 Å². The zero-order valence-electron chi connectivity index (χ0n) is 11.2. The molecule has 0 aromatic heterocycles. The minimum atomic E-state index is -0.253. The summed E-state index contributed by atoms with van der Waals surface area (Å²) in [6.45, 7) is 2.76. The van der Waals surface area contributed by atoms with Crippen molar-refractivity contribution in [3.63, 3.8) is 0 Å². The molecule has 2 N–H and O–H groups in total. The summed E-state index contributed by atoms with van der Waals surface area (Å²) in [7, 11) is 0. The van der Waals surface area contributed by atoms with Crippen molar-refractivity contribution in [3.8, 4) is 0 Å². The van der Waals surface area contributed by atoms with E-state index in [0.29, 0.717) is 17.7 Å². The Balaban J connectivity index is 2.09. The second kappa shape index (κ2) is 6.96. The van der Waals surface area contributed by atoms with E-state index in [0.717, 1.165) is 13.1 Å². The zero-order chi connectivity index (χ0) is 13.7. The molecule has 0 radical (unpaired) electrons. The largest absolute Gasteiger partial charge is 0.389 e. The summed E-state index contributed by atoms with van der Waals surface area (Å²) in [4.78, 5) is 2.47. The van der Waals surface area contributed by atoms with E-state index in [4.69, 9.17) is 18.0 Å². The molecule has 0 unspecified atom stereocenters. The first-order valence-electron chi connectivity index (χ1n) is 6.98. The predicted octanol–water partition coefficient (Wildman–Crippen LogP) is 3.23. The number of nitrogens with zero attached hydrogens (tertiary/aromatic N) is 1. The van der Waals surface area contributed by atoms with Crippen molar-refractivity contribution in [2.75, 3.05) is 13.1 Å². The number of thiocarbonyl (C=S) groups is 1. The summed E-state index contributed by atoms with van der Waals surface area (Å²) in [5.41, 5.74) is 6.60. The van der Waals surface area contributed by atoms with Gasteiger partial charge in [-0.05, 0) is 32.0 Å². The molecule has 0 saturated carbocycles. The lowest BCUT2D eigenvalue weighted by molar-refractivity contribution is 0.237. The van der Waals surface area contributed by atoms with Crippen LogP contribution in [0.1, 0.15) is 43.2 Å². The first kappa shape index (κ1) is 14.4. The van der Waals surface area contributed by atoms with Crippen LogP contribution in [0.15, 0.2) is 18.2 Å². The van der Waals surface area contributed by atoms with Crippen molar-refractivity contribution in [1.82, 2.24) is 4.90 Å². The van der Waals surface area contributed by atoms with Crippen LogP contribution in [0.4, 0.5) is 4.39 Å². The molecule has 1 saturated heterocycles. The quantitative estimate of drug-likeness (QED) is 0.862. The summed E-state index contributed by atoms with van der Waals surface area (Å²) in [5.74, 6) is -0.253. The van der Waals surface area contributed by atoms with Crippen LogP contribution >= 0.6 is 12.2 Å². The first-order chi connectivity index (χ1) is 9.18. The van der Waals surface area contributed by atoms with Crippen LogP contribution in [0.2, 0.25) is 0 Å². The normalized spacial score (nSPS) is 17.7. The molecule has 4 heteroatoms. The number of benzene rings is 1. The summed E-state index contributed by atoms with van der Waals surface area (Å²) in [6, 6.07) is 5.31. The molecular formula is C15H21FN2S. The smallest absolute Gasteiger partial charge is 0.137 e. The predicted molar refractivity (Wildman–Crippen MR) is 80.6 cm³/mol. The molecule has 0 spiro atoms. The van der Waals surface area contributed by atoms with Gasteiger partial charge in [0.1, 0.15) is 10.8 Å². The van der Waals surface area contributed by atoms with E-state index < -0.39 is 0 Å². The molecule has 2 nitrogen and oxygen atoms in total. The van der Waals surface area contributed by atoms with Gasteiger partial charge in [-0.3, -0.25) is 4.90 Å². The Labute approximate surface area is 119 Å². The van der Waals surface area contributed by atoms with Crippen molar-refractivity contribution in [3.05, 3.63) is 35.1 Å². The Morgan fingerprint density at radius 2 is 1.79 bits per heavy atom. The molecule has 0 atom stereocenters. The van der Waals surface area contributed by atoms with Gasteiger partial charge in [0.25, 0.3) is 0 Å². The molecule has 19 heavy (non-hydrogen) atoms. The Hall–Kier alpha value is -1.00. The molecule has 0 aliphatic carbocycles. The minimum absolute atomic E-state index is 0.131. The number of likely N-dealkylation sites (tertiary alicyclic amines) is 1. The topological polar surface area (TPSA) is 29.3 Å². The third-order valence-corrected chi connectivity index (χ3v) is 3.91. The van der Waals surface area contributed by atoms with Crippen LogP contribution < -0.4 is 5.73 Å². The van der Waals surface area contributed by atoms with Crippen LogP contribution in [-0.2, 0) is 6.54 Å². The second-order valence-corrected chi connectivity index (χ2v) is 5.63. The highest BCUT2D eigenvalue weighted by molar-refractivity contribution is 7.80. The molecule has 0 amide bonds. The molecule has 0 bridgehead atoms. The van der Waals surface area contributed by atoms with Gasteiger partial charge in [-0.2, -0.15) is 0 Å². The lowest BCUT2D eigenvalue weighted by Gasteiger charge is -2.25. The Morgan fingerprint density at radius 1 is 1.16 bits per heavy atom. The molecular weight excluding hydrogens is 259 g/mol. The van der Waals surface area contributed by atoms with Crippen LogP contribution in [0, 0.1) is 5.82 Å². The number of nitrogens with two attached hydrogens (primary N) is 1. The maximum atomic E-state index is 14.3. The number of hydrogen-bond acceptors (Lipinski definition) is 2. The standard InChI is InChI=1S/C15H21FN2S/c16-14-12(7-6-8-13(14)15(17)19)11-18-9-4-2-1-3-5-10-18/h6-8H,1-5,9-11H2,(H2,17,19). The van der Waals surface area contributed by atoms with Gasteiger partial charge in [0.15, 0.2) is 0 Å². The fraction of sp³-hybridized carbons (Fsp3) is 0.533. The molecule has 1 aromatic rings. The first-order valence-corrected chi connectivity index (χ1v) is 7.39. The Morgan fingerprint density at radius 3 is 2.42 bits per heavy atom. The van der Waals surface area contributed by atoms with Gasteiger partial charge in [-0.25, -0.2) is 4.39 Å². The summed E-state index contributed by atoms with van der Waals surface area (Å²) in [6.07, 6.45) is 6.31. The van der Waals surface area contributed by atoms with Crippen LogP contribution in [0.3, 0.4) is 0 Å². The molecule has 104 valence electrons.